The number of carbonyl (C=O) groups is 2. The number of aliphatic imine (C=N–C) groups is 1. The lowest BCUT2D eigenvalue weighted by Gasteiger charge is -2.11. The average Bonchev–Trinajstić information content (AvgIpc) is 2.78. The van der Waals surface area contributed by atoms with Gasteiger partial charge in [0.25, 0.3) is 5.91 Å². The minimum atomic E-state index is -1.03. The van der Waals surface area contributed by atoms with E-state index in [0.29, 0.717) is 10.1 Å². The summed E-state index contributed by atoms with van der Waals surface area (Å²) < 4.78 is 0. The second kappa shape index (κ2) is 6.45. The van der Waals surface area contributed by atoms with E-state index >= 15 is 0 Å². The number of aliphatic carboxylic acids is 1. The Morgan fingerprint density at radius 1 is 1.38 bits per heavy atom. The van der Waals surface area contributed by atoms with Crippen LogP contribution in [0.4, 0.5) is 5.69 Å². The Balaban J connectivity index is 2.12. The third kappa shape index (κ3) is 4.09. The van der Waals surface area contributed by atoms with Gasteiger partial charge in [0.1, 0.15) is 6.54 Å². The molecule has 1 fully saturated rings. The number of carboxylic acids is 1. The first-order valence-corrected chi connectivity index (χ1v) is 7.02. The summed E-state index contributed by atoms with van der Waals surface area (Å²) in [6.07, 6.45) is 1.75. The van der Waals surface area contributed by atoms with Crippen molar-refractivity contribution in [2.24, 2.45) is 4.99 Å². The maximum atomic E-state index is 11.8. The molecule has 21 heavy (non-hydrogen) atoms. The molecule has 1 amide bonds. The monoisotopic (exact) mass is 305 g/mol. The Morgan fingerprint density at radius 2 is 2.05 bits per heavy atom. The third-order valence-electron chi connectivity index (χ3n) is 2.72. The Morgan fingerprint density at radius 3 is 2.62 bits per heavy atom. The second-order valence-electron chi connectivity index (χ2n) is 4.57. The lowest BCUT2D eigenvalue weighted by Crippen LogP contribution is -2.20. The summed E-state index contributed by atoms with van der Waals surface area (Å²) in [5.41, 5.74) is 1.97. The van der Waals surface area contributed by atoms with Crippen LogP contribution in [-0.4, -0.2) is 42.8 Å². The highest BCUT2D eigenvalue weighted by atomic mass is 32.2. The van der Waals surface area contributed by atoms with Crippen LogP contribution in [0.5, 0.6) is 0 Å². The van der Waals surface area contributed by atoms with Crippen molar-refractivity contribution in [3.63, 3.8) is 0 Å². The molecule has 7 heteroatoms. The zero-order valence-corrected chi connectivity index (χ0v) is 12.5. The topological polar surface area (TPSA) is 82.0 Å². The summed E-state index contributed by atoms with van der Waals surface area (Å²) in [4.78, 5) is 28.5. The molecule has 6 nitrogen and oxygen atoms in total. The summed E-state index contributed by atoms with van der Waals surface area (Å²) in [6, 6.07) is 7.76. The van der Waals surface area contributed by atoms with Gasteiger partial charge in [-0.1, -0.05) is 12.1 Å². The molecule has 0 aromatic heterocycles. The maximum absolute atomic E-state index is 11.8. The minimum Gasteiger partial charge on any atom is -0.480 e. The quantitative estimate of drug-likeness (QED) is 0.822. The SMILES string of the molecule is CN(C)c1ccc(/C=C2/SC(=NCC(=O)O)NC2=O)cc1. The predicted molar refractivity (Wildman–Crippen MR) is 84.4 cm³/mol. The first-order valence-electron chi connectivity index (χ1n) is 6.20. The normalized spacial score (nSPS) is 18.1. The number of carboxylic acid groups (broad SMARTS) is 1. The molecule has 1 aliphatic rings. The van der Waals surface area contributed by atoms with Crippen LogP contribution in [0.3, 0.4) is 0 Å². The number of thioether (sulfide) groups is 1. The van der Waals surface area contributed by atoms with Gasteiger partial charge in [0.15, 0.2) is 5.17 Å². The smallest absolute Gasteiger partial charge is 0.325 e. The maximum Gasteiger partial charge on any atom is 0.325 e. The van der Waals surface area contributed by atoms with Crippen molar-refractivity contribution in [1.82, 2.24) is 5.32 Å². The van der Waals surface area contributed by atoms with Crippen LogP contribution in [0.15, 0.2) is 34.2 Å². The molecule has 110 valence electrons. The second-order valence-corrected chi connectivity index (χ2v) is 5.60. The molecule has 2 rings (SSSR count). The van der Waals surface area contributed by atoms with Gasteiger partial charge in [-0.05, 0) is 35.5 Å². The molecule has 0 radical (unpaired) electrons. The lowest BCUT2D eigenvalue weighted by molar-refractivity contribution is -0.135. The molecule has 1 aromatic carbocycles. The summed E-state index contributed by atoms with van der Waals surface area (Å²) >= 11 is 1.14. The van der Waals surface area contributed by atoms with Crippen LogP contribution in [0.25, 0.3) is 6.08 Å². The number of hydrogen-bond donors (Lipinski definition) is 2. The Bertz CT molecular complexity index is 621. The highest BCUT2D eigenvalue weighted by Gasteiger charge is 2.23. The Hall–Kier alpha value is -2.28. The van der Waals surface area contributed by atoms with E-state index in [9.17, 15) is 9.59 Å². The molecule has 0 spiro atoms. The fourth-order valence-corrected chi connectivity index (χ4v) is 2.48. The number of benzene rings is 1. The molecular weight excluding hydrogens is 290 g/mol. The zero-order valence-electron chi connectivity index (χ0n) is 11.7. The van der Waals surface area contributed by atoms with Gasteiger partial charge in [-0.15, -0.1) is 0 Å². The summed E-state index contributed by atoms with van der Waals surface area (Å²) in [5.74, 6) is -1.30. The summed E-state index contributed by atoms with van der Waals surface area (Å²) in [6.45, 7) is -0.354. The first-order chi connectivity index (χ1) is 9.95. The van der Waals surface area contributed by atoms with E-state index in [1.165, 1.54) is 0 Å². The van der Waals surface area contributed by atoms with Crippen molar-refractivity contribution in [3.8, 4) is 0 Å². The van der Waals surface area contributed by atoms with Crippen LogP contribution in [0, 0.1) is 0 Å². The van der Waals surface area contributed by atoms with Crippen LogP contribution >= 0.6 is 11.8 Å². The first kappa shape index (κ1) is 15.1. The molecule has 1 heterocycles. The fraction of sp³-hybridized carbons (Fsp3) is 0.214. The van der Waals surface area contributed by atoms with Crippen molar-refractivity contribution in [2.75, 3.05) is 25.5 Å². The molecule has 0 unspecified atom stereocenters. The number of amidine groups is 1. The van der Waals surface area contributed by atoms with E-state index in [4.69, 9.17) is 5.11 Å². The highest BCUT2D eigenvalue weighted by molar-refractivity contribution is 8.18. The average molecular weight is 305 g/mol. The van der Waals surface area contributed by atoms with E-state index in [1.807, 2.05) is 43.3 Å². The van der Waals surface area contributed by atoms with Crippen molar-refractivity contribution in [1.29, 1.82) is 0 Å². The van der Waals surface area contributed by atoms with Crippen molar-refractivity contribution in [2.45, 2.75) is 0 Å². The number of hydrogen-bond acceptors (Lipinski definition) is 5. The Labute approximate surface area is 126 Å². The van der Waals surface area contributed by atoms with Crippen molar-refractivity contribution >= 4 is 40.6 Å². The summed E-state index contributed by atoms with van der Waals surface area (Å²) in [5, 5.41) is 11.4. The number of amides is 1. The van der Waals surface area contributed by atoms with Crippen LogP contribution < -0.4 is 10.2 Å². The molecule has 0 atom stereocenters. The van der Waals surface area contributed by atoms with Crippen LogP contribution in [-0.2, 0) is 9.59 Å². The number of anilines is 1. The molecule has 1 saturated heterocycles. The standard InChI is InChI=1S/C14H15N3O3S/c1-17(2)10-5-3-9(4-6-10)7-11-13(20)16-14(21-11)15-8-12(18)19/h3-7H,8H2,1-2H3,(H,18,19)(H,15,16,20)/b11-7+. The van der Waals surface area contributed by atoms with E-state index in [2.05, 4.69) is 10.3 Å². The number of rotatable bonds is 4. The number of nitrogens with zero attached hydrogens (tertiary/aromatic N) is 2. The lowest BCUT2D eigenvalue weighted by atomic mass is 10.2. The van der Waals surface area contributed by atoms with Gasteiger partial charge in [-0.3, -0.25) is 14.6 Å². The van der Waals surface area contributed by atoms with Gasteiger partial charge in [0.05, 0.1) is 4.91 Å². The zero-order chi connectivity index (χ0) is 15.4. The van der Waals surface area contributed by atoms with Crippen molar-refractivity contribution in [3.05, 3.63) is 34.7 Å². The van der Waals surface area contributed by atoms with E-state index < -0.39 is 5.97 Å². The molecule has 1 aliphatic heterocycles. The molecule has 0 saturated carbocycles. The molecule has 0 bridgehead atoms. The Kier molecular flexibility index (Phi) is 4.64. The molecule has 1 aromatic rings. The van der Waals surface area contributed by atoms with Gasteiger partial charge < -0.3 is 15.3 Å². The van der Waals surface area contributed by atoms with Gasteiger partial charge in [0, 0.05) is 19.8 Å². The number of carbonyl (C=O) groups excluding carboxylic acids is 1. The summed E-state index contributed by atoms with van der Waals surface area (Å²) in [7, 11) is 3.91. The molecule has 2 N–H and O–H groups in total. The fourth-order valence-electron chi connectivity index (χ4n) is 1.66. The van der Waals surface area contributed by atoms with Gasteiger partial charge >= 0.3 is 5.97 Å². The largest absolute Gasteiger partial charge is 0.480 e. The van der Waals surface area contributed by atoms with E-state index in [0.717, 1.165) is 23.0 Å². The van der Waals surface area contributed by atoms with Crippen LogP contribution in [0.1, 0.15) is 5.56 Å². The molecular formula is C14H15N3O3S. The molecule has 0 aliphatic carbocycles. The van der Waals surface area contributed by atoms with Gasteiger partial charge in [-0.25, -0.2) is 0 Å². The number of nitrogens with one attached hydrogen (secondary N) is 1. The van der Waals surface area contributed by atoms with E-state index in [1.54, 1.807) is 6.08 Å². The minimum absolute atomic E-state index is 0.263. The predicted octanol–water partition coefficient (Wildman–Crippen LogP) is 1.40. The highest BCUT2D eigenvalue weighted by Crippen LogP contribution is 2.26. The van der Waals surface area contributed by atoms with Crippen LogP contribution in [0.2, 0.25) is 0 Å². The van der Waals surface area contributed by atoms with Gasteiger partial charge in [-0.2, -0.15) is 0 Å². The van der Waals surface area contributed by atoms with E-state index in [-0.39, 0.29) is 12.5 Å². The van der Waals surface area contributed by atoms with Gasteiger partial charge in [0.2, 0.25) is 0 Å². The third-order valence-corrected chi connectivity index (χ3v) is 3.66. The van der Waals surface area contributed by atoms with Crippen molar-refractivity contribution < 1.29 is 14.7 Å².